The number of carbonyl (C=O) groups is 1. The van der Waals surface area contributed by atoms with Crippen LogP contribution in [-0.2, 0) is 9.53 Å². The summed E-state index contributed by atoms with van der Waals surface area (Å²) in [6.45, 7) is 6.19. The number of allylic oxidation sites excluding steroid dienone is 2. The van der Waals surface area contributed by atoms with Gasteiger partial charge in [-0.05, 0) is 32.6 Å². The molecule has 74 valence electrons. The van der Waals surface area contributed by atoms with Crippen LogP contribution in [0.1, 0.15) is 33.6 Å². The zero-order chi connectivity index (χ0) is 10.1. The Morgan fingerprint density at radius 2 is 2.31 bits per heavy atom. The largest absolute Gasteiger partial charge is 0.469 e. The fourth-order valence-corrected chi connectivity index (χ4v) is 1.90. The molecular formula is C11H18O2. The Kier molecular flexibility index (Phi) is 2.79. The number of hydrogen-bond acceptors (Lipinski definition) is 2. The Bertz CT molecular complexity index is 242. The molecule has 0 fully saturated rings. The molecule has 0 aromatic rings. The van der Waals surface area contributed by atoms with Crippen molar-refractivity contribution >= 4 is 5.97 Å². The molecule has 0 saturated carbocycles. The highest BCUT2D eigenvalue weighted by molar-refractivity contribution is 5.77. The summed E-state index contributed by atoms with van der Waals surface area (Å²) in [5.74, 6) is 0.206. The third-order valence-electron chi connectivity index (χ3n) is 3.23. The van der Waals surface area contributed by atoms with Gasteiger partial charge >= 0.3 is 5.97 Å². The molecule has 2 heteroatoms. The van der Waals surface area contributed by atoms with Gasteiger partial charge in [-0.3, -0.25) is 4.79 Å². The molecule has 2 nitrogen and oxygen atoms in total. The molecule has 0 heterocycles. The van der Waals surface area contributed by atoms with E-state index in [4.69, 9.17) is 4.74 Å². The summed E-state index contributed by atoms with van der Waals surface area (Å²) < 4.78 is 4.83. The lowest BCUT2D eigenvalue weighted by Crippen LogP contribution is -2.36. The number of rotatable bonds is 1. The van der Waals surface area contributed by atoms with Crippen molar-refractivity contribution in [2.24, 2.45) is 11.3 Å². The molecule has 0 unspecified atom stereocenters. The summed E-state index contributed by atoms with van der Waals surface area (Å²) in [4.78, 5) is 11.6. The molecule has 0 aromatic heterocycles. The predicted molar refractivity (Wildman–Crippen MR) is 52.3 cm³/mol. The lowest BCUT2D eigenvalue weighted by atomic mass is 9.70. The van der Waals surface area contributed by atoms with Gasteiger partial charge in [0.15, 0.2) is 0 Å². The van der Waals surface area contributed by atoms with Gasteiger partial charge in [0, 0.05) is 0 Å². The van der Waals surface area contributed by atoms with Gasteiger partial charge in [0.2, 0.25) is 0 Å². The first kappa shape index (κ1) is 10.3. The van der Waals surface area contributed by atoms with E-state index in [0.717, 1.165) is 12.8 Å². The quantitative estimate of drug-likeness (QED) is 0.460. The summed E-state index contributed by atoms with van der Waals surface area (Å²) >= 11 is 0. The monoisotopic (exact) mass is 182 g/mol. The van der Waals surface area contributed by atoms with E-state index in [1.807, 2.05) is 6.92 Å². The Morgan fingerprint density at radius 3 is 2.77 bits per heavy atom. The van der Waals surface area contributed by atoms with E-state index in [1.165, 1.54) is 12.7 Å². The van der Waals surface area contributed by atoms with E-state index in [1.54, 1.807) is 0 Å². The zero-order valence-electron chi connectivity index (χ0n) is 8.89. The highest BCUT2D eigenvalue weighted by Crippen LogP contribution is 2.40. The van der Waals surface area contributed by atoms with Crippen LogP contribution >= 0.6 is 0 Å². The van der Waals surface area contributed by atoms with Crippen LogP contribution in [0.25, 0.3) is 0 Å². The molecule has 0 N–H and O–H groups in total. The fraction of sp³-hybridized carbons (Fsp3) is 0.727. The van der Waals surface area contributed by atoms with Crippen molar-refractivity contribution in [3.8, 4) is 0 Å². The van der Waals surface area contributed by atoms with Crippen LogP contribution < -0.4 is 0 Å². The third-order valence-corrected chi connectivity index (χ3v) is 3.23. The molecule has 2 atom stereocenters. The second-order valence-corrected chi connectivity index (χ2v) is 4.21. The van der Waals surface area contributed by atoms with Gasteiger partial charge in [0.1, 0.15) is 0 Å². The minimum absolute atomic E-state index is 0.0799. The van der Waals surface area contributed by atoms with E-state index >= 15 is 0 Å². The van der Waals surface area contributed by atoms with Crippen molar-refractivity contribution in [2.75, 3.05) is 7.11 Å². The first-order chi connectivity index (χ1) is 6.00. The molecule has 1 aliphatic rings. The Hall–Kier alpha value is -0.790. The van der Waals surface area contributed by atoms with Crippen molar-refractivity contribution in [1.29, 1.82) is 0 Å². The molecule has 0 saturated heterocycles. The van der Waals surface area contributed by atoms with Crippen LogP contribution in [0.4, 0.5) is 0 Å². The minimum Gasteiger partial charge on any atom is -0.469 e. The van der Waals surface area contributed by atoms with Gasteiger partial charge < -0.3 is 4.74 Å². The average Bonchev–Trinajstić information content (AvgIpc) is 2.11. The Balaban J connectivity index is 2.87. The van der Waals surface area contributed by atoms with E-state index in [2.05, 4.69) is 19.9 Å². The van der Waals surface area contributed by atoms with Crippen LogP contribution in [0.2, 0.25) is 0 Å². The van der Waals surface area contributed by atoms with Crippen LogP contribution in [0.3, 0.4) is 0 Å². The number of hydrogen-bond donors (Lipinski definition) is 0. The smallest absolute Gasteiger partial charge is 0.312 e. The molecule has 0 amide bonds. The number of ether oxygens (including phenoxy) is 1. The van der Waals surface area contributed by atoms with Crippen LogP contribution in [0.5, 0.6) is 0 Å². The topological polar surface area (TPSA) is 26.3 Å². The highest BCUT2D eigenvalue weighted by Gasteiger charge is 2.40. The lowest BCUT2D eigenvalue weighted by Gasteiger charge is -2.35. The molecule has 0 radical (unpaired) electrons. The maximum Gasteiger partial charge on any atom is 0.312 e. The van der Waals surface area contributed by atoms with E-state index in [9.17, 15) is 4.79 Å². The summed E-state index contributed by atoms with van der Waals surface area (Å²) in [7, 11) is 1.46. The van der Waals surface area contributed by atoms with Crippen LogP contribution in [0.15, 0.2) is 11.6 Å². The molecule has 0 aliphatic heterocycles. The van der Waals surface area contributed by atoms with Crippen molar-refractivity contribution in [3.63, 3.8) is 0 Å². The summed E-state index contributed by atoms with van der Waals surface area (Å²) in [6.07, 6.45) is 4.10. The van der Waals surface area contributed by atoms with Gasteiger partial charge in [-0.2, -0.15) is 0 Å². The molecular weight excluding hydrogens is 164 g/mol. The summed E-state index contributed by atoms with van der Waals surface area (Å²) in [5, 5.41) is 0. The third kappa shape index (κ3) is 1.77. The standard InChI is InChI=1S/C11H18O2/c1-8-5-6-11(3,9(2)7-8)10(12)13-4/h7,9H,5-6H2,1-4H3/t9-,11+/m0/s1. The predicted octanol–water partition coefficient (Wildman–Crippen LogP) is 2.54. The van der Waals surface area contributed by atoms with E-state index in [-0.39, 0.29) is 17.3 Å². The van der Waals surface area contributed by atoms with Gasteiger partial charge in [-0.25, -0.2) is 0 Å². The van der Waals surface area contributed by atoms with E-state index in [0.29, 0.717) is 0 Å². The molecule has 1 rings (SSSR count). The molecule has 0 spiro atoms. The second kappa shape index (κ2) is 3.52. The average molecular weight is 182 g/mol. The minimum atomic E-state index is -0.311. The van der Waals surface area contributed by atoms with Gasteiger partial charge in [-0.1, -0.05) is 18.6 Å². The summed E-state index contributed by atoms with van der Waals surface area (Å²) in [5.41, 5.74) is 1.07. The van der Waals surface area contributed by atoms with Crippen molar-refractivity contribution < 1.29 is 9.53 Å². The van der Waals surface area contributed by atoms with Crippen molar-refractivity contribution in [1.82, 2.24) is 0 Å². The maximum atomic E-state index is 11.6. The first-order valence-electron chi connectivity index (χ1n) is 4.76. The molecule has 0 bridgehead atoms. The number of esters is 1. The fourth-order valence-electron chi connectivity index (χ4n) is 1.90. The SMILES string of the molecule is COC(=O)[C@]1(C)CCC(C)=C[C@@H]1C. The molecule has 0 aromatic carbocycles. The first-order valence-corrected chi connectivity index (χ1v) is 4.76. The van der Waals surface area contributed by atoms with Gasteiger partial charge in [0.25, 0.3) is 0 Å². The van der Waals surface area contributed by atoms with Crippen LogP contribution in [0, 0.1) is 11.3 Å². The van der Waals surface area contributed by atoms with Crippen molar-refractivity contribution in [3.05, 3.63) is 11.6 Å². The highest BCUT2D eigenvalue weighted by atomic mass is 16.5. The van der Waals surface area contributed by atoms with Crippen LogP contribution in [-0.4, -0.2) is 13.1 Å². The lowest BCUT2D eigenvalue weighted by molar-refractivity contribution is -0.154. The van der Waals surface area contributed by atoms with Gasteiger partial charge in [-0.15, -0.1) is 0 Å². The number of carbonyl (C=O) groups excluding carboxylic acids is 1. The van der Waals surface area contributed by atoms with Crippen molar-refractivity contribution in [2.45, 2.75) is 33.6 Å². The molecule has 13 heavy (non-hydrogen) atoms. The normalized spacial score (nSPS) is 33.8. The summed E-state index contributed by atoms with van der Waals surface area (Å²) in [6, 6.07) is 0. The van der Waals surface area contributed by atoms with E-state index < -0.39 is 0 Å². The van der Waals surface area contributed by atoms with Gasteiger partial charge in [0.05, 0.1) is 12.5 Å². The molecule has 1 aliphatic carbocycles. The Morgan fingerprint density at radius 1 is 1.69 bits per heavy atom. The maximum absolute atomic E-state index is 11.6. The zero-order valence-corrected chi connectivity index (χ0v) is 8.89. The second-order valence-electron chi connectivity index (χ2n) is 4.21. The number of methoxy groups -OCH3 is 1. The Labute approximate surface area is 80.0 Å².